The van der Waals surface area contributed by atoms with Gasteiger partial charge in [0.2, 0.25) is 5.75 Å². The zero-order valence-electron chi connectivity index (χ0n) is 7.86. The minimum absolute atomic E-state index is 0.189. The molecule has 0 aliphatic carbocycles. The van der Waals surface area contributed by atoms with Gasteiger partial charge in [-0.15, -0.1) is 0 Å². The van der Waals surface area contributed by atoms with Gasteiger partial charge in [-0.3, -0.25) is 10.1 Å². The van der Waals surface area contributed by atoms with Gasteiger partial charge in [-0.1, -0.05) is 15.9 Å². The maximum atomic E-state index is 10.7. The molecule has 0 saturated heterocycles. The predicted octanol–water partition coefficient (Wildman–Crippen LogP) is 2.37. The zero-order valence-corrected chi connectivity index (χ0v) is 9.44. The second kappa shape index (κ2) is 4.75. The molecule has 0 fully saturated rings. The number of halogens is 1. The Morgan fingerprint density at radius 1 is 1.67 bits per heavy atom. The van der Waals surface area contributed by atoms with Crippen LogP contribution < -0.4 is 4.74 Å². The van der Waals surface area contributed by atoms with Gasteiger partial charge in [-0.25, -0.2) is 0 Å². The fourth-order valence-corrected chi connectivity index (χ4v) is 1.62. The number of methoxy groups -OCH3 is 1. The number of alkyl halides is 1. The van der Waals surface area contributed by atoms with Crippen LogP contribution in [0.1, 0.15) is 11.1 Å². The Bertz CT molecular complexity index is 440. The second-order valence-corrected chi connectivity index (χ2v) is 3.25. The molecule has 6 heteroatoms. The molecule has 1 aromatic carbocycles. The smallest absolute Gasteiger partial charge is 0.312 e. The quantitative estimate of drug-likeness (QED) is 0.480. The lowest BCUT2D eigenvalue weighted by Gasteiger charge is -2.06. The largest absolute Gasteiger partial charge is 0.490 e. The molecule has 0 atom stereocenters. The van der Waals surface area contributed by atoms with E-state index in [0.717, 1.165) is 0 Å². The normalized spacial score (nSPS) is 9.40. The molecule has 0 saturated carbocycles. The van der Waals surface area contributed by atoms with E-state index in [9.17, 15) is 10.1 Å². The van der Waals surface area contributed by atoms with E-state index in [1.807, 2.05) is 6.07 Å². The molecule has 0 aliphatic rings. The Labute approximate surface area is 94.6 Å². The summed E-state index contributed by atoms with van der Waals surface area (Å²) in [5.41, 5.74) is 0.645. The standard InChI is InChI=1S/C9H7BrN2O3/c1-15-9-7(4-10)2-6(5-11)3-8(9)12(13)14/h2-3H,4H2,1H3. The summed E-state index contributed by atoms with van der Waals surface area (Å²) >= 11 is 3.18. The molecule has 0 aliphatic heterocycles. The molecular weight excluding hydrogens is 264 g/mol. The van der Waals surface area contributed by atoms with Crippen LogP contribution in [0.2, 0.25) is 0 Å². The fraction of sp³-hybridized carbons (Fsp3) is 0.222. The van der Waals surface area contributed by atoms with Crippen molar-refractivity contribution in [2.45, 2.75) is 5.33 Å². The van der Waals surface area contributed by atoms with Gasteiger partial charge in [0.25, 0.3) is 0 Å². The van der Waals surface area contributed by atoms with Crippen LogP contribution in [0.3, 0.4) is 0 Å². The van der Waals surface area contributed by atoms with Crippen molar-refractivity contribution in [2.75, 3.05) is 7.11 Å². The van der Waals surface area contributed by atoms with Crippen LogP contribution in [0, 0.1) is 21.4 Å². The van der Waals surface area contributed by atoms with Crippen LogP contribution in [0.5, 0.6) is 5.75 Å². The van der Waals surface area contributed by atoms with Crippen molar-refractivity contribution < 1.29 is 9.66 Å². The van der Waals surface area contributed by atoms with E-state index in [4.69, 9.17) is 10.00 Å². The number of hydrogen-bond acceptors (Lipinski definition) is 4. The highest BCUT2D eigenvalue weighted by Gasteiger charge is 2.19. The van der Waals surface area contributed by atoms with Crippen molar-refractivity contribution >= 4 is 21.6 Å². The van der Waals surface area contributed by atoms with Crippen molar-refractivity contribution in [3.8, 4) is 11.8 Å². The fourth-order valence-electron chi connectivity index (χ4n) is 1.21. The first kappa shape index (κ1) is 11.5. The number of ether oxygens (including phenoxy) is 1. The summed E-state index contributed by atoms with van der Waals surface area (Å²) in [7, 11) is 1.36. The summed E-state index contributed by atoms with van der Waals surface area (Å²) in [6, 6.07) is 4.62. The number of rotatable bonds is 3. The summed E-state index contributed by atoms with van der Waals surface area (Å²) < 4.78 is 4.95. The molecule has 1 rings (SSSR count). The molecule has 0 amide bonds. The van der Waals surface area contributed by atoms with Crippen molar-refractivity contribution in [1.29, 1.82) is 5.26 Å². The van der Waals surface area contributed by atoms with Crippen LogP contribution in [-0.2, 0) is 5.33 Å². The van der Waals surface area contributed by atoms with Crippen LogP contribution in [0.15, 0.2) is 12.1 Å². The van der Waals surface area contributed by atoms with E-state index in [1.165, 1.54) is 13.2 Å². The molecule has 0 spiro atoms. The molecule has 0 heterocycles. The summed E-state index contributed by atoms with van der Waals surface area (Å²) in [5, 5.41) is 19.8. The number of nitrogens with zero attached hydrogens (tertiary/aromatic N) is 2. The molecule has 78 valence electrons. The van der Waals surface area contributed by atoms with Crippen molar-refractivity contribution in [2.24, 2.45) is 0 Å². The molecule has 0 N–H and O–H groups in total. The van der Waals surface area contributed by atoms with E-state index in [1.54, 1.807) is 6.07 Å². The first-order valence-corrected chi connectivity index (χ1v) is 5.07. The van der Waals surface area contributed by atoms with E-state index in [2.05, 4.69) is 15.9 Å². The van der Waals surface area contributed by atoms with Gasteiger partial charge < -0.3 is 4.74 Å². The lowest BCUT2D eigenvalue weighted by Crippen LogP contribution is -1.98. The Morgan fingerprint density at radius 2 is 2.33 bits per heavy atom. The highest BCUT2D eigenvalue weighted by atomic mass is 79.9. The number of nitriles is 1. The maximum Gasteiger partial charge on any atom is 0.312 e. The van der Waals surface area contributed by atoms with Gasteiger partial charge >= 0.3 is 5.69 Å². The van der Waals surface area contributed by atoms with Gasteiger partial charge in [0.1, 0.15) is 0 Å². The summed E-state index contributed by atoms with van der Waals surface area (Å²) in [5.74, 6) is 0.191. The molecule has 5 nitrogen and oxygen atoms in total. The zero-order chi connectivity index (χ0) is 11.4. The Morgan fingerprint density at radius 3 is 2.73 bits per heavy atom. The Kier molecular flexibility index (Phi) is 3.63. The van der Waals surface area contributed by atoms with Gasteiger partial charge in [0, 0.05) is 17.0 Å². The third-order valence-electron chi connectivity index (χ3n) is 1.82. The Hall–Kier alpha value is -1.61. The molecular formula is C9H7BrN2O3. The van der Waals surface area contributed by atoms with Gasteiger partial charge in [-0.05, 0) is 6.07 Å². The summed E-state index contributed by atoms with van der Waals surface area (Å²) in [4.78, 5) is 10.2. The molecule has 0 unspecified atom stereocenters. The van der Waals surface area contributed by atoms with Crippen molar-refractivity contribution in [3.63, 3.8) is 0 Å². The average molecular weight is 271 g/mol. The van der Waals surface area contributed by atoms with Gasteiger partial charge in [-0.2, -0.15) is 5.26 Å². The van der Waals surface area contributed by atoms with Crippen LogP contribution in [-0.4, -0.2) is 12.0 Å². The second-order valence-electron chi connectivity index (χ2n) is 2.69. The number of nitro groups is 1. The van der Waals surface area contributed by atoms with Crippen molar-refractivity contribution in [3.05, 3.63) is 33.4 Å². The van der Waals surface area contributed by atoms with Crippen LogP contribution >= 0.6 is 15.9 Å². The maximum absolute atomic E-state index is 10.7. The molecule has 0 bridgehead atoms. The van der Waals surface area contributed by atoms with Crippen LogP contribution in [0.4, 0.5) is 5.69 Å². The third kappa shape index (κ3) is 2.25. The van der Waals surface area contributed by atoms with Gasteiger partial charge in [0.15, 0.2) is 0 Å². The minimum Gasteiger partial charge on any atom is -0.490 e. The first-order chi connectivity index (χ1) is 7.13. The van der Waals surface area contributed by atoms with Gasteiger partial charge in [0.05, 0.1) is 23.7 Å². The molecule has 0 aromatic heterocycles. The van der Waals surface area contributed by atoms with E-state index in [0.29, 0.717) is 10.9 Å². The Balaban J connectivity index is 3.47. The van der Waals surface area contributed by atoms with E-state index < -0.39 is 4.92 Å². The SMILES string of the molecule is COc1c(CBr)cc(C#N)cc1[N+](=O)[O-]. The monoisotopic (exact) mass is 270 g/mol. The summed E-state index contributed by atoms with van der Waals surface area (Å²) in [6.45, 7) is 0. The highest BCUT2D eigenvalue weighted by Crippen LogP contribution is 2.33. The molecule has 0 radical (unpaired) electrons. The van der Waals surface area contributed by atoms with Crippen LogP contribution in [0.25, 0.3) is 0 Å². The first-order valence-electron chi connectivity index (χ1n) is 3.95. The van der Waals surface area contributed by atoms with E-state index >= 15 is 0 Å². The third-order valence-corrected chi connectivity index (χ3v) is 2.42. The topological polar surface area (TPSA) is 76.2 Å². The molecule has 1 aromatic rings. The van der Waals surface area contributed by atoms with Crippen molar-refractivity contribution in [1.82, 2.24) is 0 Å². The predicted molar refractivity (Wildman–Crippen MR) is 57.0 cm³/mol. The molecule has 15 heavy (non-hydrogen) atoms. The number of nitro benzene ring substituents is 1. The number of hydrogen-bond donors (Lipinski definition) is 0. The summed E-state index contributed by atoms with van der Waals surface area (Å²) in [6.07, 6.45) is 0. The highest BCUT2D eigenvalue weighted by molar-refractivity contribution is 9.08. The number of benzene rings is 1. The average Bonchev–Trinajstić information content (AvgIpc) is 2.26. The van der Waals surface area contributed by atoms with E-state index in [-0.39, 0.29) is 17.0 Å². The lowest BCUT2D eigenvalue weighted by atomic mass is 10.1. The minimum atomic E-state index is -0.564. The lowest BCUT2D eigenvalue weighted by molar-refractivity contribution is -0.385.